The van der Waals surface area contributed by atoms with Gasteiger partial charge in [-0.2, -0.15) is 16.4 Å². The van der Waals surface area contributed by atoms with Gasteiger partial charge >= 0.3 is 0 Å². The molecule has 0 saturated heterocycles. The summed E-state index contributed by atoms with van der Waals surface area (Å²) >= 11 is 13.5. The molecule has 1 aromatic carbocycles. The van der Waals surface area contributed by atoms with E-state index in [1.165, 1.54) is 0 Å². The standard InChI is InChI=1S/C17H15Cl2N3O2S/c18-13-2-3-16(14(19)8-13)24-10-17(23)20-9-15(12-4-7-25-11-12)22-6-1-5-21-22/h1-8,11,15H,9-10H2,(H,20,23)/t15-/m0/s1. The van der Waals surface area contributed by atoms with Gasteiger partial charge in [-0.1, -0.05) is 23.2 Å². The van der Waals surface area contributed by atoms with Crippen LogP contribution in [0.25, 0.3) is 0 Å². The third-order valence-electron chi connectivity index (χ3n) is 3.52. The number of aromatic nitrogens is 2. The van der Waals surface area contributed by atoms with Crippen LogP contribution in [0.5, 0.6) is 5.75 Å². The average molecular weight is 396 g/mol. The smallest absolute Gasteiger partial charge is 0.258 e. The summed E-state index contributed by atoms with van der Waals surface area (Å²) < 4.78 is 7.26. The highest BCUT2D eigenvalue weighted by Gasteiger charge is 2.16. The summed E-state index contributed by atoms with van der Waals surface area (Å²) in [6.07, 6.45) is 3.59. The summed E-state index contributed by atoms with van der Waals surface area (Å²) in [5.74, 6) is 0.182. The summed E-state index contributed by atoms with van der Waals surface area (Å²) in [7, 11) is 0. The molecule has 0 spiro atoms. The van der Waals surface area contributed by atoms with E-state index in [1.807, 2.05) is 33.8 Å². The number of halogens is 2. The molecule has 8 heteroatoms. The number of benzene rings is 1. The lowest BCUT2D eigenvalue weighted by atomic mass is 10.1. The van der Waals surface area contributed by atoms with Gasteiger partial charge in [-0.25, -0.2) is 0 Å². The molecule has 0 aliphatic heterocycles. The molecule has 1 atom stereocenters. The molecule has 0 aliphatic rings. The van der Waals surface area contributed by atoms with Gasteiger partial charge in [0.1, 0.15) is 5.75 Å². The van der Waals surface area contributed by atoms with Crippen molar-refractivity contribution in [3.63, 3.8) is 0 Å². The number of carbonyl (C=O) groups is 1. The number of rotatable bonds is 7. The largest absolute Gasteiger partial charge is 0.482 e. The Labute approximate surface area is 159 Å². The Bertz CT molecular complexity index is 788. The van der Waals surface area contributed by atoms with Gasteiger partial charge in [0.2, 0.25) is 0 Å². The highest BCUT2D eigenvalue weighted by atomic mass is 35.5. The predicted octanol–water partition coefficient (Wildman–Crippen LogP) is 4.04. The van der Waals surface area contributed by atoms with Crippen LogP contribution < -0.4 is 10.1 Å². The molecule has 0 fully saturated rings. The average Bonchev–Trinajstić information content (AvgIpc) is 3.28. The van der Waals surface area contributed by atoms with Gasteiger partial charge in [-0.3, -0.25) is 9.48 Å². The monoisotopic (exact) mass is 395 g/mol. The van der Waals surface area contributed by atoms with E-state index in [4.69, 9.17) is 27.9 Å². The van der Waals surface area contributed by atoms with Crippen LogP contribution in [0.1, 0.15) is 11.6 Å². The van der Waals surface area contributed by atoms with E-state index in [1.54, 1.807) is 35.7 Å². The lowest BCUT2D eigenvalue weighted by Gasteiger charge is -2.17. The topological polar surface area (TPSA) is 56.1 Å². The van der Waals surface area contributed by atoms with E-state index in [9.17, 15) is 4.79 Å². The number of thiophene rings is 1. The first-order chi connectivity index (χ1) is 12.1. The second-order valence-electron chi connectivity index (χ2n) is 5.23. The van der Waals surface area contributed by atoms with Gasteiger partial charge in [-0.15, -0.1) is 0 Å². The maximum Gasteiger partial charge on any atom is 0.258 e. The molecule has 25 heavy (non-hydrogen) atoms. The van der Waals surface area contributed by atoms with Gasteiger partial charge < -0.3 is 10.1 Å². The Kier molecular flexibility index (Phi) is 5.96. The van der Waals surface area contributed by atoms with E-state index >= 15 is 0 Å². The van der Waals surface area contributed by atoms with Gasteiger partial charge in [0, 0.05) is 24.0 Å². The maximum atomic E-state index is 12.1. The minimum absolute atomic E-state index is 0.0654. The molecule has 1 amide bonds. The van der Waals surface area contributed by atoms with E-state index < -0.39 is 0 Å². The molecule has 1 N–H and O–H groups in total. The maximum absolute atomic E-state index is 12.1. The highest BCUT2D eigenvalue weighted by molar-refractivity contribution is 7.08. The number of carbonyl (C=O) groups excluding carboxylic acids is 1. The van der Waals surface area contributed by atoms with Crippen LogP contribution in [0.2, 0.25) is 10.0 Å². The number of ether oxygens (including phenoxy) is 1. The second kappa shape index (κ2) is 8.38. The highest BCUT2D eigenvalue weighted by Crippen LogP contribution is 2.27. The predicted molar refractivity (Wildman–Crippen MR) is 99.7 cm³/mol. The molecule has 130 valence electrons. The summed E-state index contributed by atoms with van der Waals surface area (Å²) in [4.78, 5) is 12.1. The zero-order chi connectivity index (χ0) is 17.6. The molecule has 0 saturated carbocycles. The number of amides is 1. The third kappa shape index (κ3) is 4.75. The number of nitrogens with zero attached hydrogens (tertiary/aromatic N) is 2. The van der Waals surface area contributed by atoms with Crippen molar-refractivity contribution in [1.82, 2.24) is 15.1 Å². The fourth-order valence-corrected chi connectivity index (χ4v) is 3.46. The first-order valence-electron chi connectivity index (χ1n) is 7.49. The molecule has 3 aromatic rings. The fraction of sp³-hybridized carbons (Fsp3) is 0.176. The van der Waals surface area contributed by atoms with Gasteiger partial charge in [0.15, 0.2) is 6.61 Å². The quantitative estimate of drug-likeness (QED) is 0.656. The molecule has 5 nitrogen and oxygen atoms in total. The zero-order valence-electron chi connectivity index (χ0n) is 13.1. The van der Waals surface area contributed by atoms with Crippen LogP contribution >= 0.6 is 34.5 Å². The van der Waals surface area contributed by atoms with Crippen molar-refractivity contribution in [2.45, 2.75) is 6.04 Å². The van der Waals surface area contributed by atoms with Crippen LogP contribution in [0.3, 0.4) is 0 Å². The summed E-state index contributed by atoms with van der Waals surface area (Å²) in [5, 5.41) is 12.1. The molecular weight excluding hydrogens is 381 g/mol. The molecule has 0 aliphatic carbocycles. The van der Waals surface area contributed by atoms with Crippen molar-refractivity contribution < 1.29 is 9.53 Å². The summed E-state index contributed by atoms with van der Waals surface area (Å²) in [5.41, 5.74) is 1.09. The summed E-state index contributed by atoms with van der Waals surface area (Å²) in [6.45, 7) is 0.284. The van der Waals surface area contributed by atoms with Crippen molar-refractivity contribution in [2.24, 2.45) is 0 Å². The van der Waals surface area contributed by atoms with E-state index in [0.717, 1.165) is 5.56 Å². The molecule has 2 heterocycles. The van der Waals surface area contributed by atoms with Crippen molar-refractivity contribution >= 4 is 40.4 Å². The molecule has 0 radical (unpaired) electrons. The second-order valence-corrected chi connectivity index (χ2v) is 6.85. The van der Waals surface area contributed by atoms with E-state index in [0.29, 0.717) is 22.3 Å². The Balaban J connectivity index is 1.57. The van der Waals surface area contributed by atoms with Gasteiger partial charge in [0.05, 0.1) is 11.1 Å². The number of nitrogens with one attached hydrogen (secondary N) is 1. The third-order valence-corrected chi connectivity index (χ3v) is 4.75. The zero-order valence-corrected chi connectivity index (χ0v) is 15.4. The van der Waals surface area contributed by atoms with Crippen LogP contribution in [-0.4, -0.2) is 28.8 Å². The summed E-state index contributed by atoms with van der Waals surface area (Å²) in [6, 6.07) is 8.67. The molecule has 3 rings (SSSR count). The normalized spacial score (nSPS) is 11.9. The lowest BCUT2D eigenvalue weighted by Crippen LogP contribution is -2.34. The Morgan fingerprint density at radius 1 is 1.36 bits per heavy atom. The lowest BCUT2D eigenvalue weighted by molar-refractivity contribution is -0.123. The first-order valence-corrected chi connectivity index (χ1v) is 9.19. The van der Waals surface area contributed by atoms with Gasteiger partial charge in [0.25, 0.3) is 5.91 Å². The molecule has 2 aromatic heterocycles. The molecule has 0 unspecified atom stereocenters. The minimum atomic E-state index is -0.238. The van der Waals surface area contributed by atoms with Crippen LogP contribution in [0, 0.1) is 0 Å². The van der Waals surface area contributed by atoms with Crippen LogP contribution in [0.15, 0.2) is 53.5 Å². The minimum Gasteiger partial charge on any atom is -0.482 e. The first kappa shape index (κ1) is 17.8. The van der Waals surface area contributed by atoms with Gasteiger partial charge in [-0.05, 0) is 46.7 Å². The van der Waals surface area contributed by atoms with Crippen LogP contribution in [0.4, 0.5) is 0 Å². The van der Waals surface area contributed by atoms with E-state index in [-0.39, 0.29) is 18.6 Å². The van der Waals surface area contributed by atoms with E-state index in [2.05, 4.69) is 10.4 Å². The van der Waals surface area contributed by atoms with Crippen molar-refractivity contribution in [3.8, 4) is 5.75 Å². The molecular formula is C17H15Cl2N3O2S. The van der Waals surface area contributed by atoms with Crippen molar-refractivity contribution in [1.29, 1.82) is 0 Å². The van der Waals surface area contributed by atoms with Crippen molar-refractivity contribution in [3.05, 3.63) is 69.1 Å². The SMILES string of the molecule is O=C(COc1ccc(Cl)cc1Cl)NC[C@@H](c1ccsc1)n1cccn1. The number of hydrogen-bond acceptors (Lipinski definition) is 4. The fourth-order valence-electron chi connectivity index (χ4n) is 2.29. The Morgan fingerprint density at radius 2 is 2.24 bits per heavy atom. The van der Waals surface area contributed by atoms with Crippen molar-refractivity contribution in [2.75, 3.05) is 13.2 Å². The Hall–Kier alpha value is -2.02. The van der Waals surface area contributed by atoms with Crippen LogP contribution in [-0.2, 0) is 4.79 Å². The number of hydrogen-bond donors (Lipinski definition) is 1. The Morgan fingerprint density at radius 3 is 2.92 bits per heavy atom. The molecule has 0 bridgehead atoms.